The third-order valence-corrected chi connectivity index (χ3v) is 4.12. The Kier molecular flexibility index (Phi) is 6.16. The molecule has 136 valence electrons. The monoisotopic (exact) mass is 354 g/mol. The molecule has 7 heteroatoms. The number of rotatable bonds is 5. The lowest BCUT2D eigenvalue weighted by molar-refractivity contribution is -0.118. The van der Waals surface area contributed by atoms with Gasteiger partial charge in [0.25, 0.3) is 0 Å². The maximum absolute atomic E-state index is 12.7. The van der Waals surface area contributed by atoms with Crippen molar-refractivity contribution in [3.8, 4) is 0 Å². The fraction of sp³-hybridized carbons (Fsp3) is 0.316. The van der Waals surface area contributed by atoms with Gasteiger partial charge in [0.05, 0.1) is 25.1 Å². The fourth-order valence-corrected chi connectivity index (χ4v) is 2.73. The summed E-state index contributed by atoms with van der Waals surface area (Å²) in [5, 5.41) is 5.67. The van der Waals surface area contributed by atoms with Gasteiger partial charge in [0.1, 0.15) is 6.04 Å². The molecule has 1 saturated heterocycles. The Bertz CT molecular complexity index is 718. The van der Waals surface area contributed by atoms with Gasteiger partial charge in [-0.3, -0.25) is 9.78 Å². The molecule has 7 nitrogen and oxygen atoms in total. The van der Waals surface area contributed by atoms with Crippen LogP contribution in [0.1, 0.15) is 5.56 Å². The molecule has 0 aliphatic carbocycles. The van der Waals surface area contributed by atoms with Crippen molar-refractivity contribution < 1.29 is 14.3 Å². The van der Waals surface area contributed by atoms with Crippen molar-refractivity contribution in [3.05, 3.63) is 60.4 Å². The molecule has 1 aliphatic rings. The van der Waals surface area contributed by atoms with Gasteiger partial charge in [0, 0.05) is 25.7 Å². The summed E-state index contributed by atoms with van der Waals surface area (Å²) in [6, 6.07) is 12.2. The van der Waals surface area contributed by atoms with Gasteiger partial charge < -0.3 is 20.3 Å². The van der Waals surface area contributed by atoms with E-state index in [-0.39, 0.29) is 11.9 Å². The number of hydrogen-bond acceptors (Lipinski definition) is 4. The van der Waals surface area contributed by atoms with Crippen LogP contribution in [0.4, 0.5) is 10.5 Å². The third-order valence-electron chi connectivity index (χ3n) is 4.12. The maximum Gasteiger partial charge on any atom is 0.318 e. The molecule has 1 fully saturated rings. The standard InChI is InChI=1S/C19H22N4O3/c24-18(21-16-7-4-8-20-14-16)17(13-15-5-2-1-3-6-15)22-19(25)23-9-11-26-12-10-23/h1-8,14,17H,9-13H2,(H,21,24)(H,22,25)/t17-/m1/s1. The predicted molar refractivity (Wildman–Crippen MR) is 97.7 cm³/mol. The molecule has 2 aromatic rings. The number of hydrogen-bond donors (Lipinski definition) is 2. The zero-order chi connectivity index (χ0) is 18.2. The van der Waals surface area contributed by atoms with Crippen molar-refractivity contribution in [1.29, 1.82) is 0 Å². The molecule has 3 amide bonds. The highest BCUT2D eigenvalue weighted by Gasteiger charge is 2.25. The number of carbonyl (C=O) groups is 2. The lowest BCUT2D eigenvalue weighted by Crippen LogP contribution is -2.53. The topological polar surface area (TPSA) is 83.6 Å². The Hall–Kier alpha value is -2.93. The summed E-state index contributed by atoms with van der Waals surface area (Å²) in [7, 11) is 0. The van der Waals surface area contributed by atoms with Crippen LogP contribution >= 0.6 is 0 Å². The number of morpholine rings is 1. The predicted octanol–water partition coefficient (Wildman–Crippen LogP) is 1.67. The van der Waals surface area contributed by atoms with Gasteiger partial charge >= 0.3 is 6.03 Å². The van der Waals surface area contributed by atoms with Crippen LogP contribution in [0.15, 0.2) is 54.9 Å². The van der Waals surface area contributed by atoms with E-state index in [0.717, 1.165) is 5.56 Å². The molecular formula is C19H22N4O3. The largest absolute Gasteiger partial charge is 0.378 e. The number of nitrogens with zero attached hydrogens (tertiary/aromatic N) is 2. The first-order chi connectivity index (χ1) is 12.7. The van der Waals surface area contributed by atoms with Crippen molar-refractivity contribution in [1.82, 2.24) is 15.2 Å². The number of nitrogens with one attached hydrogen (secondary N) is 2. The van der Waals surface area contributed by atoms with Gasteiger partial charge in [0.2, 0.25) is 5.91 Å². The Morgan fingerprint density at radius 3 is 2.58 bits per heavy atom. The molecule has 1 aliphatic heterocycles. The Morgan fingerprint density at radius 1 is 1.12 bits per heavy atom. The molecule has 1 aromatic carbocycles. The van der Waals surface area contributed by atoms with Crippen molar-refractivity contribution >= 4 is 17.6 Å². The zero-order valence-corrected chi connectivity index (χ0v) is 14.4. The normalized spacial score (nSPS) is 15.2. The summed E-state index contributed by atoms with van der Waals surface area (Å²) in [4.78, 5) is 30.9. The second-order valence-corrected chi connectivity index (χ2v) is 6.02. The quantitative estimate of drug-likeness (QED) is 0.856. The van der Waals surface area contributed by atoms with E-state index in [4.69, 9.17) is 4.74 Å². The highest BCUT2D eigenvalue weighted by Crippen LogP contribution is 2.09. The first kappa shape index (κ1) is 17.9. The molecule has 0 saturated carbocycles. The molecule has 1 aromatic heterocycles. The number of anilines is 1. The Labute approximate surface area is 152 Å². The number of ether oxygens (including phenoxy) is 1. The van der Waals surface area contributed by atoms with Gasteiger partial charge in [-0.25, -0.2) is 4.79 Å². The molecule has 0 unspecified atom stereocenters. The molecule has 2 N–H and O–H groups in total. The van der Waals surface area contributed by atoms with E-state index >= 15 is 0 Å². The molecule has 26 heavy (non-hydrogen) atoms. The Balaban J connectivity index is 1.70. The summed E-state index contributed by atoms with van der Waals surface area (Å²) in [5.74, 6) is -0.275. The van der Waals surface area contributed by atoms with Crippen LogP contribution in [0.5, 0.6) is 0 Å². The Morgan fingerprint density at radius 2 is 1.88 bits per heavy atom. The van der Waals surface area contributed by atoms with Crippen LogP contribution in [-0.4, -0.2) is 54.2 Å². The lowest BCUT2D eigenvalue weighted by atomic mass is 10.1. The number of carbonyl (C=O) groups excluding carboxylic acids is 2. The SMILES string of the molecule is O=C(Nc1cccnc1)[C@@H](Cc1ccccc1)NC(=O)N1CCOCC1. The van der Waals surface area contributed by atoms with Crippen LogP contribution < -0.4 is 10.6 Å². The van der Waals surface area contributed by atoms with E-state index in [1.807, 2.05) is 30.3 Å². The first-order valence-electron chi connectivity index (χ1n) is 8.60. The van der Waals surface area contributed by atoms with Crippen LogP contribution in [-0.2, 0) is 16.0 Å². The maximum atomic E-state index is 12.7. The van der Waals surface area contributed by atoms with Crippen LogP contribution in [0.3, 0.4) is 0 Å². The van der Waals surface area contributed by atoms with E-state index in [1.165, 1.54) is 0 Å². The molecule has 0 radical (unpaired) electrons. The average molecular weight is 354 g/mol. The van der Waals surface area contributed by atoms with E-state index in [2.05, 4.69) is 15.6 Å². The fourth-order valence-electron chi connectivity index (χ4n) is 2.73. The van der Waals surface area contributed by atoms with E-state index in [1.54, 1.807) is 29.4 Å². The number of aromatic nitrogens is 1. The first-order valence-corrected chi connectivity index (χ1v) is 8.60. The second kappa shape index (κ2) is 8.96. The summed E-state index contributed by atoms with van der Waals surface area (Å²) in [5.41, 5.74) is 1.57. The third kappa shape index (κ3) is 5.03. The number of benzene rings is 1. The summed E-state index contributed by atoms with van der Waals surface area (Å²) < 4.78 is 5.27. The minimum Gasteiger partial charge on any atom is -0.378 e. The summed E-state index contributed by atoms with van der Waals surface area (Å²) in [6.45, 7) is 2.07. The second-order valence-electron chi connectivity index (χ2n) is 6.02. The van der Waals surface area contributed by atoms with Gasteiger partial charge in [0.15, 0.2) is 0 Å². The minimum absolute atomic E-state index is 0.254. The smallest absolute Gasteiger partial charge is 0.318 e. The van der Waals surface area contributed by atoms with Crippen molar-refractivity contribution in [2.75, 3.05) is 31.6 Å². The zero-order valence-electron chi connectivity index (χ0n) is 14.4. The van der Waals surface area contributed by atoms with E-state index in [9.17, 15) is 9.59 Å². The van der Waals surface area contributed by atoms with Crippen molar-refractivity contribution in [2.24, 2.45) is 0 Å². The molecule has 1 atom stereocenters. The molecular weight excluding hydrogens is 332 g/mol. The number of urea groups is 1. The minimum atomic E-state index is -0.687. The average Bonchev–Trinajstić information content (AvgIpc) is 2.69. The van der Waals surface area contributed by atoms with Gasteiger partial charge in [-0.05, 0) is 17.7 Å². The van der Waals surface area contributed by atoms with Crippen LogP contribution in [0.2, 0.25) is 0 Å². The lowest BCUT2D eigenvalue weighted by Gasteiger charge is -2.29. The molecule has 3 rings (SSSR count). The number of pyridine rings is 1. The van der Waals surface area contributed by atoms with Crippen molar-refractivity contribution in [2.45, 2.75) is 12.5 Å². The van der Waals surface area contributed by atoms with Crippen molar-refractivity contribution in [3.63, 3.8) is 0 Å². The summed E-state index contributed by atoms with van der Waals surface area (Å²) >= 11 is 0. The highest BCUT2D eigenvalue weighted by atomic mass is 16.5. The molecule has 2 heterocycles. The van der Waals surface area contributed by atoms with E-state index < -0.39 is 6.04 Å². The van der Waals surface area contributed by atoms with Crippen LogP contribution in [0.25, 0.3) is 0 Å². The number of amides is 3. The van der Waals surface area contributed by atoms with Gasteiger partial charge in [-0.1, -0.05) is 30.3 Å². The van der Waals surface area contributed by atoms with Gasteiger partial charge in [-0.15, -0.1) is 0 Å². The van der Waals surface area contributed by atoms with Gasteiger partial charge in [-0.2, -0.15) is 0 Å². The molecule has 0 bridgehead atoms. The van der Waals surface area contributed by atoms with E-state index in [0.29, 0.717) is 38.4 Å². The highest BCUT2D eigenvalue weighted by molar-refractivity contribution is 5.97. The molecule has 0 spiro atoms. The van der Waals surface area contributed by atoms with Crippen LogP contribution in [0, 0.1) is 0 Å². The summed E-state index contributed by atoms with van der Waals surface area (Å²) in [6.07, 6.45) is 3.61.